The van der Waals surface area contributed by atoms with Crippen molar-refractivity contribution in [1.82, 2.24) is 10.2 Å². The molecule has 5 nitrogen and oxygen atoms in total. The van der Waals surface area contributed by atoms with E-state index >= 15 is 0 Å². The second-order valence-electron chi connectivity index (χ2n) is 9.19. The number of nitrogens with zero attached hydrogens (tertiary/aromatic N) is 1. The summed E-state index contributed by atoms with van der Waals surface area (Å²) in [7, 11) is 0. The van der Waals surface area contributed by atoms with Gasteiger partial charge in [0.2, 0.25) is 11.8 Å². The third-order valence-corrected chi connectivity index (χ3v) is 4.93. The highest BCUT2D eigenvalue weighted by Crippen LogP contribution is 2.15. The molecule has 1 atom stereocenters. The Morgan fingerprint density at radius 2 is 1.71 bits per heavy atom. The third kappa shape index (κ3) is 8.44. The van der Waals surface area contributed by atoms with Crippen molar-refractivity contribution in [2.24, 2.45) is 0 Å². The minimum absolute atomic E-state index is 0.0504. The van der Waals surface area contributed by atoms with Crippen molar-refractivity contribution < 1.29 is 14.3 Å². The Balaban J connectivity index is 2.02. The SMILES string of the molecule is Cc1ccc(OCCCC(=O)N(Cc2cccc(C)c2)C(C)C(=O)NC(C)(C)C)cc1. The Morgan fingerprint density at radius 1 is 1.03 bits per heavy atom. The normalized spacial score (nSPS) is 12.2. The molecule has 0 radical (unpaired) electrons. The monoisotopic (exact) mass is 424 g/mol. The van der Waals surface area contributed by atoms with Gasteiger partial charge >= 0.3 is 0 Å². The fraction of sp³-hybridized carbons (Fsp3) is 0.462. The average Bonchev–Trinajstić information content (AvgIpc) is 2.69. The molecule has 168 valence electrons. The Hall–Kier alpha value is -2.82. The zero-order chi connectivity index (χ0) is 23.0. The molecule has 0 aliphatic heterocycles. The van der Waals surface area contributed by atoms with Crippen LogP contribution in [0, 0.1) is 13.8 Å². The van der Waals surface area contributed by atoms with Crippen LogP contribution >= 0.6 is 0 Å². The molecular formula is C26H36N2O3. The molecule has 2 aromatic rings. The van der Waals surface area contributed by atoms with Gasteiger partial charge in [-0.15, -0.1) is 0 Å². The van der Waals surface area contributed by atoms with Crippen LogP contribution in [-0.2, 0) is 16.1 Å². The summed E-state index contributed by atoms with van der Waals surface area (Å²) in [5, 5.41) is 2.99. The lowest BCUT2D eigenvalue weighted by Gasteiger charge is -2.31. The van der Waals surface area contributed by atoms with Gasteiger partial charge < -0.3 is 15.0 Å². The van der Waals surface area contributed by atoms with E-state index in [1.54, 1.807) is 11.8 Å². The summed E-state index contributed by atoms with van der Waals surface area (Å²) < 4.78 is 5.75. The zero-order valence-corrected chi connectivity index (χ0v) is 19.7. The van der Waals surface area contributed by atoms with Crippen molar-refractivity contribution in [3.05, 3.63) is 65.2 Å². The molecule has 0 saturated heterocycles. The molecule has 0 aromatic heterocycles. The summed E-state index contributed by atoms with van der Waals surface area (Å²) in [5.41, 5.74) is 2.96. The largest absolute Gasteiger partial charge is 0.494 e. The predicted octanol–water partition coefficient (Wildman–Crippen LogP) is 4.79. The van der Waals surface area contributed by atoms with Gasteiger partial charge in [-0.3, -0.25) is 9.59 Å². The van der Waals surface area contributed by atoms with E-state index in [4.69, 9.17) is 4.74 Å². The van der Waals surface area contributed by atoms with Crippen LogP contribution in [0.3, 0.4) is 0 Å². The van der Waals surface area contributed by atoms with E-state index in [1.165, 1.54) is 5.56 Å². The molecule has 0 bridgehead atoms. The van der Waals surface area contributed by atoms with Crippen molar-refractivity contribution in [2.45, 2.75) is 72.5 Å². The molecule has 31 heavy (non-hydrogen) atoms. The number of ether oxygens (including phenoxy) is 1. The van der Waals surface area contributed by atoms with Gasteiger partial charge in [-0.1, -0.05) is 47.5 Å². The van der Waals surface area contributed by atoms with Crippen LogP contribution in [-0.4, -0.2) is 34.9 Å². The van der Waals surface area contributed by atoms with Crippen LogP contribution in [0.15, 0.2) is 48.5 Å². The number of amides is 2. The molecule has 2 aromatic carbocycles. The van der Waals surface area contributed by atoms with Crippen LogP contribution in [0.5, 0.6) is 5.75 Å². The number of benzene rings is 2. The molecule has 0 fully saturated rings. The van der Waals surface area contributed by atoms with Crippen LogP contribution in [0.2, 0.25) is 0 Å². The van der Waals surface area contributed by atoms with Gasteiger partial charge in [0.15, 0.2) is 0 Å². The number of carbonyl (C=O) groups excluding carboxylic acids is 2. The van der Waals surface area contributed by atoms with Gasteiger partial charge in [0.1, 0.15) is 11.8 Å². The summed E-state index contributed by atoms with van der Waals surface area (Å²) in [6.07, 6.45) is 0.912. The minimum atomic E-state index is -0.565. The van der Waals surface area contributed by atoms with Crippen molar-refractivity contribution >= 4 is 11.8 Å². The first-order valence-electron chi connectivity index (χ1n) is 10.9. The lowest BCUT2D eigenvalue weighted by molar-refractivity contribution is -0.141. The maximum atomic E-state index is 13.1. The van der Waals surface area contributed by atoms with Crippen molar-refractivity contribution in [3.63, 3.8) is 0 Å². The molecule has 1 unspecified atom stereocenters. The average molecular weight is 425 g/mol. The maximum absolute atomic E-state index is 13.1. The standard InChI is InChI=1S/C26H36N2O3/c1-19-12-14-23(15-13-19)31-16-8-11-24(29)28(18-22-10-7-9-20(2)17-22)21(3)25(30)27-26(4,5)6/h7,9-10,12-15,17,21H,8,11,16,18H2,1-6H3,(H,27,30). The molecule has 0 aliphatic rings. The quantitative estimate of drug-likeness (QED) is 0.589. The van der Waals surface area contributed by atoms with Gasteiger partial charge in [0, 0.05) is 18.5 Å². The van der Waals surface area contributed by atoms with E-state index in [9.17, 15) is 9.59 Å². The number of hydrogen-bond acceptors (Lipinski definition) is 3. The second kappa shape index (κ2) is 11.0. The number of carbonyl (C=O) groups is 2. The van der Waals surface area contributed by atoms with E-state index in [0.29, 0.717) is 26.0 Å². The van der Waals surface area contributed by atoms with Crippen molar-refractivity contribution in [1.29, 1.82) is 0 Å². The van der Waals surface area contributed by atoms with Gasteiger partial charge in [-0.2, -0.15) is 0 Å². The smallest absolute Gasteiger partial charge is 0.242 e. The summed E-state index contributed by atoms with van der Waals surface area (Å²) >= 11 is 0. The van der Waals surface area contributed by atoms with E-state index < -0.39 is 6.04 Å². The van der Waals surface area contributed by atoms with Crippen molar-refractivity contribution in [3.8, 4) is 5.75 Å². The lowest BCUT2D eigenvalue weighted by Crippen LogP contribution is -2.52. The highest BCUT2D eigenvalue weighted by Gasteiger charge is 2.28. The van der Waals surface area contributed by atoms with Crippen LogP contribution in [0.25, 0.3) is 0 Å². The lowest BCUT2D eigenvalue weighted by atomic mass is 10.1. The molecule has 0 heterocycles. The van der Waals surface area contributed by atoms with Crippen LogP contribution < -0.4 is 10.1 Å². The molecule has 2 amide bonds. The molecule has 5 heteroatoms. The predicted molar refractivity (Wildman–Crippen MR) is 125 cm³/mol. The summed E-state index contributed by atoms with van der Waals surface area (Å²) in [6.45, 7) is 12.5. The molecule has 1 N–H and O–H groups in total. The third-order valence-electron chi connectivity index (χ3n) is 4.93. The van der Waals surface area contributed by atoms with E-state index in [0.717, 1.165) is 16.9 Å². The summed E-state index contributed by atoms with van der Waals surface area (Å²) in [5.74, 6) is 0.600. The second-order valence-corrected chi connectivity index (χ2v) is 9.19. The fourth-order valence-electron chi connectivity index (χ4n) is 3.26. The first-order chi connectivity index (χ1) is 14.5. The van der Waals surface area contributed by atoms with Crippen LogP contribution in [0.4, 0.5) is 0 Å². The van der Waals surface area contributed by atoms with E-state index in [2.05, 4.69) is 11.4 Å². The molecule has 0 aliphatic carbocycles. The van der Waals surface area contributed by atoms with Crippen molar-refractivity contribution in [2.75, 3.05) is 6.61 Å². The number of aryl methyl sites for hydroxylation is 2. The van der Waals surface area contributed by atoms with Gasteiger partial charge in [-0.25, -0.2) is 0 Å². The molecule has 2 rings (SSSR count). The fourth-order valence-corrected chi connectivity index (χ4v) is 3.26. The Bertz CT molecular complexity index is 869. The summed E-state index contributed by atoms with van der Waals surface area (Å²) in [4.78, 5) is 27.5. The van der Waals surface area contributed by atoms with Gasteiger partial charge in [-0.05, 0) is 65.7 Å². The van der Waals surface area contributed by atoms with Gasteiger partial charge in [0.05, 0.1) is 6.61 Å². The van der Waals surface area contributed by atoms with E-state index in [1.807, 2.05) is 77.1 Å². The number of hydrogen-bond donors (Lipinski definition) is 1. The summed E-state index contributed by atoms with van der Waals surface area (Å²) in [6, 6.07) is 15.3. The van der Waals surface area contributed by atoms with Crippen LogP contribution in [0.1, 0.15) is 57.2 Å². The number of nitrogens with one attached hydrogen (secondary N) is 1. The highest BCUT2D eigenvalue weighted by molar-refractivity contribution is 5.87. The molecule has 0 spiro atoms. The maximum Gasteiger partial charge on any atom is 0.242 e. The Labute approximate surface area is 186 Å². The Kier molecular flexibility index (Phi) is 8.66. The highest BCUT2D eigenvalue weighted by atomic mass is 16.5. The molecular weight excluding hydrogens is 388 g/mol. The number of rotatable bonds is 9. The van der Waals surface area contributed by atoms with Gasteiger partial charge in [0.25, 0.3) is 0 Å². The Morgan fingerprint density at radius 3 is 2.32 bits per heavy atom. The van der Waals surface area contributed by atoms with E-state index in [-0.39, 0.29) is 17.4 Å². The minimum Gasteiger partial charge on any atom is -0.494 e. The first kappa shape index (κ1) is 24.4. The molecule has 0 saturated carbocycles. The zero-order valence-electron chi connectivity index (χ0n) is 19.7. The topological polar surface area (TPSA) is 58.6 Å². The first-order valence-corrected chi connectivity index (χ1v) is 10.9.